The Labute approximate surface area is 205 Å². The summed E-state index contributed by atoms with van der Waals surface area (Å²) in [4.78, 5) is 14.8. The smallest absolute Gasteiger partial charge is 0.255 e. The van der Waals surface area contributed by atoms with Gasteiger partial charge in [0, 0.05) is 24.7 Å². The number of carbonyl (C=O) groups excluding carboxylic acids is 1. The van der Waals surface area contributed by atoms with E-state index in [1.54, 1.807) is 24.3 Å². The summed E-state index contributed by atoms with van der Waals surface area (Å²) in [6.45, 7) is 3.28. The molecule has 6 nitrogen and oxygen atoms in total. The highest BCUT2D eigenvalue weighted by molar-refractivity contribution is 6.04. The minimum Gasteiger partial charge on any atom is -0.489 e. The number of amides is 1. The zero-order valence-corrected chi connectivity index (χ0v) is 19.7. The summed E-state index contributed by atoms with van der Waals surface area (Å²) in [6, 6.07) is 23.2. The van der Waals surface area contributed by atoms with E-state index in [0.717, 1.165) is 38.0 Å². The Balaban J connectivity index is 1.18. The van der Waals surface area contributed by atoms with Gasteiger partial charge in [0.1, 0.15) is 24.3 Å². The minimum absolute atomic E-state index is 0.120. The second-order valence-corrected chi connectivity index (χ2v) is 8.87. The summed E-state index contributed by atoms with van der Waals surface area (Å²) in [5, 5.41) is 16.8. The number of aliphatic hydroxyl groups excluding tert-OH is 1. The molecule has 35 heavy (non-hydrogen) atoms. The van der Waals surface area contributed by atoms with E-state index in [4.69, 9.17) is 4.74 Å². The maximum Gasteiger partial charge on any atom is 0.255 e. The van der Waals surface area contributed by atoms with Crippen LogP contribution in [0.5, 0.6) is 5.75 Å². The topological polar surface area (TPSA) is 73.8 Å². The first-order valence-corrected chi connectivity index (χ1v) is 12.0. The van der Waals surface area contributed by atoms with Crippen molar-refractivity contribution in [1.82, 2.24) is 10.2 Å². The van der Waals surface area contributed by atoms with Gasteiger partial charge in [0.15, 0.2) is 0 Å². The Bertz CT molecular complexity index is 1070. The van der Waals surface area contributed by atoms with Gasteiger partial charge in [0.05, 0.1) is 5.69 Å². The Morgan fingerprint density at radius 1 is 1.00 bits per heavy atom. The molecule has 0 spiro atoms. The molecule has 0 saturated carbocycles. The van der Waals surface area contributed by atoms with Crippen LogP contribution in [0, 0.1) is 5.82 Å². The molecular formula is C28H32FN3O3. The molecule has 1 aliphatic heterocycles. The molecular weight excluding hydrogens is 445 g/mol. The number of ether oxygens (including phenoxy) is 1. The number of rotatable bonds is 10. The lowest BCUT2D eigenvalue weighted by molar-refractivity contribution is 0.0978. The third-order valence-electron chi connectivity index (χ3n) is 6.15. The second kappa shape index (κ2) is 12.4. The second-order valence-electron chi connectivity index (χ2n) is 8.87. The van der Waals surface area contributed by atoms with Gasteiger partial charge in [-0.2, -0.15) is 0 Å². The van der Waals surface area contributed by atoms with Crippen LogP contribution in [0.1, 0.15) is 28.8 Å². The van der Waals surface area contributed by atoms with Gasteiger partial charge in [-0.15, -0.1) is 0 Å². The van der Waals surface area contributed by atoms with E-state index < -0.39 is 6.10 Å². The van der Waals surface area contributed by atoms with Crippen LogP contribution in [0.3, 0.4) is 0 Å². The van der Waals surface area contributed by atoms with Crippen molar-refractivity contribution in [2.45, 2.75) is 31.5 Å². The molecule has 3 aromatic rings. The average molecular weight is 478 g/mol. The molecule has 4 rings (SSSR count). The summed E-state index contributed by atoms with van der Waals surface area (Å²) in [6.07, 6.45) is 1.30. The normalized spacial score (nSPS) is 15.5. The van der Waals surface area contributed by atoms with Crippen molar-refractivity contribution in [2.75, 3.05) is 31.6 Å². The van der Waals surface area contributed by atoms with Crippen LogP contribution in [0.15, 0.2) is 78.9 Å². The standard InChI is InChI=1S/C28H32FN3O3/c29-23-12-10-21(11-13-23)19-32-16-14-24(15-17-32)30-18-25(33)20-35-27-9-5-4-8-26(27)31-28(34)22-6-2-1-3-7-22/h1-13,24-25,30,33H,14-20H2,(H,31,34). The van der Waals surface area contributed by atoms with Gasteiger partial charge in [0.25, 0.3) is 5.91 Å². The van der Waals surface area contributed by atoms with E-state index >= 15 is 0 Å². The molecule has 184 valence electrons. The van der Waals surface area contributed by atoms with Crippen molar-refractivity contribution < 1.29 is 19.0 Å². The number of piperidine rings is 1. The first kappa shape index (κ1) is 24.9. The molecule has 0 aromatic heterocycles. The Hall–Kier alpha value is -3.26. The highest BCUT2D eigenvalue weighted by Crippen LogP contribution is 2.24. The summed E-state index contributed by atoms with van der Waals surface area (Å²) in [5.41, 5.74) is 2.25. The molecule has 3 N–H and O–H groups in total. The quantitative estimate of drug-likeness (QED) is 0.411. The Morgan fingerprint density at radius 2 is 1.69 bits per heavy atom. The van der Waals surface area contributed by atoms with E-state index in [9.17, 15) is 14.3 Å². The molecule has 1 aliphatic rings. The van der Waals surface area contributed by atoms with E-state index in [-0.39, 0.29) is 18.3 Å². The van der Waals surface area contributed by atoms with Gasteiger partial charge in [-0.05, 0) is 67.9 Å². The molecule has 7 heteroatoms. The molecule has 1 unspecified atom stereocenters. The van der Waals surface area contributed by atoms with Crippen LogP contribution < -0.4 is 15.4 Å². The molecule has 1 amide bonds. The van der Waals surface area contributed by atoms with E-state index in [1.807, 2.05) is 42.5 Å². The van der Waals surface area contributed by atoms with Crippen LogP contribution in [0.2, 0.25) is 0 Å². The number of nitrogens with one attached hydrogen (secondary N) is 2. The fourth-order valence-corrected chi connectivity index (χ4v) is 4.17. The molecule has 3 aromatic carbocycles. The molecule has 1 heterocycles. The summed E-state index contributed by atoms with van der Waals surface area (Å²) >= 11 is 0. The minimum atomic E-state index is -0.676. The first-order valence-electron chi connectivity index (χ1n) is 12.0. The number of anilines is 1. The van der Waals surface area contributed by atoms with E-state index in [1.165, 1.54) is 12.1 Å². The lowest BCUT2D eigenvalue weighted by Crippen LogP contribution is -2.45. The van der Waals surface area contributed by atoms with Crippen molar-refractivity contribution in [1.29, 1.82) is 0 Å². The number of aliphatic hydroxyl groups is 1. The van der Waals surface area contributed by atoms with Gasteiger partial charge in [-0.25, -0.2) is 4.39 Å². The number of para-hydroxylation sites is 2. The number of nitrogens with zero attached hydrogens (tertiary/aromatic N) is 1. The number of halogens is 1. The monoisotopic (exact) mass is 477 g/mol. The van der Waals surface area contributed by atoms with Crippen molar-refractivity contribution in [3.05, 3.63) is 95.8 Å². The zero-order chi connectivity index (χ0) is 24.5. The number of hydrogen-bond donors (Lipinski definition) is 3. The largest absolute Gasteiger partial charge is 0.489 e. The van der Waals surface area contributed by atoms with Gasteiger partial charge < -0.3 is 20.5 Å². The highest BCUT2D eigenvalue weighted by Gasteiger charge is 2.20. The van der Waals surface area contributed by atoms with Crippen molar-refractivity contribution in [3.63, 3.8) is 0 Å². The fraction of sp³-hybridized carbons (Fsp3) is 0.321. The predicted octanol–water partition coefficient (Wildman–Crippen LogP) is 4.07. The van der Waals surface area contributed by atoms with E-state index in [2.05, 4.69) is 15.5 Å². The fourth-order valence-electron chi connectivity index (χ4n) is 4.17. The molecule has 0 aliphatic carbocycles. The summed E-state index contributed by atoms with van der Waals surface area (Å²) in [5.74, 6) is 0.0965. The van der Waals surface area contributed by atoms with Crippen molar-refractivity contribution in [2.24, 2.45) is 0 Å². The van der Waals surface area contributed by atoms with Gasteiger partial charge in [-0.3, -0.25) is 9.69 Å². The predicted molar refractivity (Wildman–Crippen MR) is 135 cm³/mol. The van der Waals surface area contributed by atoms with Gasteiger partial charge >= 0.3 is 0 Å². The van der Waals surface area contributed by atoms with Crippen molar-refractivity contribution in [3.8, 4) is 5.75 Å². The summed E-state index contributed by atoms with van der Waals surface area (Å²) in [7, 11) is 0. The number of carbonyl (C=O) groups is 1. The maximum atomic E-state index is 13.1. The first-order chi connectivity index (χ1) is 17.1. The third kappa shape index (κ3) is 7.62. The van der Waals surface area contributed by atoms with Crippen LogP contribution in [-0.4, -0.2) is 54.3 Å². The average Bonchev–Trinajstić information content (AvgIpc) is 2.89. The van der Waals surface area contributed by atoms with Crippen LogP contribution >= 0.6 is 0 Å². The highest BCUT2D eigenvalue weighted by atomic mass is 19.1. The number of hydrogen-bond acceptors (Lipinski definition) is 5. The third-order valence-corrected chi connectivity index (χ3v) is 6.15. The molecule has 0 radical (unpaired) electrons. The summed E-state index contributed by atoms with van der Waals surface area (Å²) < 4.78 is 18.9. The van der Waals surface area contributed by atoms with Crippen LogP contribution in [0.4, 0.5) is 10.1 Å². The van der Waals surface area contributed by atoms with Crippen LogP contribution in [0.25, 0.3) is 0 Å². The molecule has 0 bridgehead atoms. The van der Waals surface area contributed by atoms with Crippen molar-refractivity contribution >= 4 is 11.6 Å². The molecule has 1 atom stereocenters. The van der Waals surface area contributed by atoms with Gasteiger partial charge in [-0.1, -0.05) is 42.5 Å². The lowest BCUT2D eigenvalue weighted by atomic mass is 10.0. The van der Waals surface area contributed by atoms with Crippen LogP contribution in [-0.2, 0) is 6.54 Å². The van der Waals surface area contributed by atoms with E-state index in [0.29, 0.717) is 29.6 Å². The Kier molecular flexibility index (Phi) is 8.84. The Morgan fingerprint density at radius 3 is 2.43 bits per heavy atom. The number of likely N-dealkylation sites (tertiary alicyclic amines) is 1. The van der Waals surface area contributed by atoms with Gasteiger partial charge in [0.2, 0.25) is 0 Å². The lowest BCUT2D eigenvalue weighted by Gasteiger charge is -2.33. The SMILES string of the molecule is O=C(Nc1ccccc1OCC(O)CNC1CCN(Cc2ccc(F)cc2)CC1)c1ccccc1. The molecule has 1 saturated heterocycles. The zero-order valence-electron chi connectivity index (χ0n) is 19.7. The molecule has 1 fully saturated rings. The number of benzene rings is 3. The maximum absolute atomic E-state index is 13.1.